The molecule has 1 aromatic rings. The van der Waals surface area contributed by atoms with Gasteiger partial charge in [-0.1, -0.05) is 0 Å². The molecule has 1 aliphatic heterocycles. The van der Waals surface area contributed by atoms with Crippen LogP contribution in [0.3, 0.4) is 0 Å². The molecule has 1 saturated heterocycles. The topological polar surface area (TPSA) is 58.4 Å². The van der Waals surface area contributed by atoms with E-state index in [4.69, 9.17) is 5.11 Å². The smallest absolute Gasteiger partial charge is 0.303 e. The molecular formula is C13H21N3O2. The number of hydrogen-bond acceptors (Lipinski definition) is 3. The summed E-state index contributed by atoms with van der Waals surface area (Å²) >= 11 is 0. The number of likely N-dealkylation sites (tertiary alicyclic amines) is 1. The fourth-order valence-corrected chi connectivity index (χ4v) is 2.70. The van der Waals surface area contributed by atoms with E-state index in [0.29, 0.717) is 12.3 Å². The summed E-state index contributed by atoms with van der Waals surface area (Å²) in [7, 11) is 0. The molecule has 100 valence electrons. The van der Waals surface area contributed by atoms with Crippen molar-refractivity contribution in [1.82, 2.24) is 14.7 Å². The third kappa shape index (κ3) is 3.10. The minimum Gasteiger partial charge on any atom is -0.481 e. The fraction of sp³-hybridized carbons (Fsp3) is 0.692. The Hall–Kier alpha value is -1.36. The average molecular weight is 251 g/mol. The first kappa shape index (κ1) is 13.1. The zero-order valence-corrected chi connectivity index (χ0v) is 11.1. The maximum atomic E-state index is 10.7. The highest BCUT2D eigenvalue weighted by molar-refractivity contribution is 5.67. The third-order valence-electron chi connectivity index (χ3n) is 3.50. The van der Waals surface area contributed by atoms with Gasteiger partial charge in [0, 0.05) is 26.1 Å². The van der Waals surface area contributed by atoms with Crippen LogP contribution in [0, 0.1) is 12.8 Å². The number of carboxylic acid groups (broad SMARTS) is 1. The summed E-state index contributed by atoms with van der Waals surface area (Å²) < 4.78 is 2.03. The summed E-state index contributed by atoms with van der Waals surface area (Å²) in [6.45, 7) is 7.74. The lowest BCUT2D eigenvalue weighted by Crippen LogP contribution is -2.22. The van der Waals surface area contributed by atoms with Crippen molar-refractivity contribution < 1.29 is 9.90 Å². The minimum atomic E-state index is -0.684. The van der Waals surface area contributed by atoms with Gasteiger partial charge in [0.25, 0.3) is 0 Å². The molecule has 0 aromatic carbocycles. The molecule has 1 unspecified atom stereocenters. The first-order valence-electron chi connectivity index (χ1n) is 6.56. The Kier molecular flexibility index (Phi) is 4.01. The molecule has 5 heteroatoms. The van der Waals surface area contributed by atoms with Crippen molar-refractivity contribution in [2.45, 2.75) is 39.8 Å². The number of aromatic nitrogens is 2. The van der Waals surface area contributed by atoms with Crippen molar-refractivity contribution in [2.24, 2.45) is 5.92 Å². The van der Waals surface area contributed by atoms with Gasteiger partial charge in [-0.25, -0.2) is 0 Å². The molecule has 2 rings (SSSR count). The Morgan fingerprint density at radius 3 is 3.06 bits per heavy atom. The number of carboxylic acids is 1. The highest BCUT2D eigenvalue weighted by Crippen LogP contribution is 2.21. The van der Waals surface area contributed by atoms with Gasteiger partial charge < -0.3 is 5.11 Å². The van der Waals surface area contributed by atoms with Crippen LogP contribution in [0.15, 0.2) is 6.07 Å². The largest absolute Gasteiger partial charge is 0.481 e. The summed E-state index contributed by atoms with van der Waals surface area (Å²) in [5, 5.41) is 13.2. The van der Waals surface area contributed by atoms with E-state index in [0.717, 1.165) is 38.3 Å². The third-order valence-corrected chi connectivity index (χ3v) is 3.50. The number of hydrogen-bond donors (Lipinski definition) is 1. The summed E-state index contributed by atoms with van der Waals surface area (Å²) in [6.07, 6.45) is 1.29. The molecule has 18 heavy (non-hydrogen) atoms. The van der Waals surface area contributed by atoms with E-state index >= 15 is 0 Å². The van der Waals surface area contributed by atoms with E-state index in [1.54, 1.807) is 0 Å². The zero-order valence-electron chi connectivity index (χ0n) is 11.1. The van der Waals surface area contributed by atoms with E-state index < -0.39 is 5.97 Å². The molecule has 0 aliphatic carbocycles. The van der Waals surface area contributed by atoms with Gasteiger partial charge in [0.15, 0.2) is 0 Å². The predicted molar refractivity (Wildman–Crippen MR) is 68.3 cm³/mol. The molecule has 0 radical (unpaired) electrons. The van der Waals surface area contributed by atoms with Gasteiger partial charge in [-0.05, 0) is 38.8 Å². The van der Waals surface area contributed by atoms with E-state index in [1.165, 1.54) is 5.69 Å². The van der Waals surface area contributed by atoms with Crippen molar-refractivity contribution in [3.63, 3.8) is 0 Å². The molecule has 0 bridgehead atoms. The lowest BCUT2D eigenvalue weighted by Gasteiger charge is -2.16. The molecule has 0 spiro atoms. The second-order valence-electron chi connectivity index (χ2n) is 5.08. The quantitative estimate of drug-likeness (QED) is 0.861. The lowest BCUT2D eigenvalue weighted by molar-refractivity contribution is -0.138. The van der Waals surface area contributed by atoms with Gasteiger partial charge in [-0.3, -0.25) is 14.4 Å². The van der Waals surface area contributed by atoms with Crippen LogP contribution in [0.1, 0.15) is 31.2 Å². The molecule has 2 heterocycles. The second kappa shape index (κ2) is 5.52. The lowest BCUT2D eigenvalue weighted by atomic mass is 10.1. The molecule has 1 aromatic heterocycles. The maximum absolute atomic E-state index is 10.7. The van der Waals surface area contributed by atoms with Crippen LogP contribution >= 0.6 is 0 Å². The first-order valence-corrected chi connectivity index (χ1v) is 6.56. The summed E-state index contributed by atoms with van der Waals surface area (Å²) in [4.78, 5) is 13.0. The number of nitrogens with zero attached hydrogens (tertiary/aromatic N) is 3. The van der Waals surface area contributed by atoms with Crippen LogP contribution < -0.4 is 0 Å². The van der Waals surface area contributed by atoms with E-state index in [2.05, 4.69) is 23.0 Å². The molecular weight excluding hydrogens is 230 g/mol. The van der Waals surface area contributed by atoms with Gasteiger partial charge in [0.1, 0.15) is 0 Å². The molecule has 0 amide bonds. The monoisotopic (exact) mass is 251 g/mol. The van der Waals surface area contributed by atoms with Crippen LogP contribution in [0.2, 0.25) is 0 Å². The predicted octanol–water partition coefficient (Wildman–Crippen LogP) is 1.51. The number of rotatable bonds is 5. The Morgan fingerprint density at radius 2 is 2.39 bits per heavy atom. The highest BCUT2D eigenvalue weighted by Gasteiger charge is 2.25. The number of carbonyl (C=O) groups is 1. The highest BCUT2D eigenvalue weighted by atomic mass is 16.4. The van der Waals surface area contributed by atoms with Gasteiger partial charge in [0.05, 0.1) is 11.4 Å². The summed E-state index contributed by atoms with van der Waals surface area (Å²) in [5.74, 6) is -0.377. The van der Waals surface area contributed by atoms with Gasteiger partial charge in [-0.2, -0.15) is 5.10 Å². The summed E-state index contributed by atoms with van der Waals surface area (Å²) in [5.41, 5.74) is 2.28. The van der Waals surface area contributed by atoms with Crippen molar-refractivity contribution >= 4 is 5.97 Å². The number of aryl methyl sites for hydroxylation is 2. The second-order valence-corrected chi connectivity index (χ2v) is 5.08. The molecule has 5 nitrogen and oxygen atoms in total. The normalized spacial score (nSPS) is 20.4. The van der Waals surface area contributed by atoms with Crippen LogP contribution in [-0.4, -0.2) is 38.8 Å². The van der Waals surface area contributed by atoms with Crippen molar-refractivity contribution in [2.75, 3.05) is 13.1 Å². The van der Waals surface area contributed by atoms with E-state index in [9.17, 15) is 4.79 Å². The zero-order chi connectivity index (χ0) is 13.1. The van der Waals surface area contributed by atoms with E-state index in [-0.39, 0.29) is 0 Å². The number of aliphatic carboxylic acids is 1. The maximum Gasteiger partial charge on any atom is 0.303 e. The van der Waals surface area contributed by atoms with Gasteiger partial charge in [-0.15, -0.1) is 0 Å². The molecule has 1 fully saturated rings. The average Bonchev–Trinajstić information content (AvgIpc) is 2.85. The van der Waals surface area contributed by atoms with Crippen LogP contribution in [0.5, 0.6) is 0 Å². The van der Waals surface area contributed by atoms with Crippen molar-refractivity contribution in [1.29, 1.82) is 0 Å². The standard InChI is InChI=1S/C13H21N3O2/c1-3-16-12(6-10(2)14-16)9-15-5-4-11(8-15)7-13(17)18/h6,11H,3-5,7-9H2,1-2H3,(H,17,18). The molecule has 1 aliphatic rings. The van der Waals surface area contributed by atoms with Crippen LogP contribution in [0.4, 0.5) is 0 Å². The SMILES string of the molecule is CCn1nc(C)cc1CN1CCC(CC(=O)O)C1. The Labute approximate surface area is 107 Å². The molecule has 1 N–H and O–H groups in total. The molecule has 0 saturated carbocycles. The van der Waals surface area contributed by atoms with Crippen molar-refractivity contribution in [3.05, 3.63) is 17.5 Å². The van der Waals surface area contributed by atoms with Crippen LogP contribution in [0.25, 0.3) is 0 Å². The Morgan fingerprint density at radius 1 is 1.61 bits per heavy atom. The van der Waals surface area contributed by atoms with E-state index in [1.807, 2.05) is 11.6 Å². The van der Waals surface area contributed by atoms with Gasteiger partial charge >= 0.3 is 5.97 Å². The Balaban J connectivity index is 1.92. The van der Waals surface area contributed by atoms with Crippen molar-refractivity contribution in [3.8, 4) is 0 Å². The fourth-order valence-electron chi connectivity index (χ4n) is 2.70. The molecule has 1 atom stereocenters. The Bertz CT molecular complexity index is 428. The summed E-state index contributed by atoms with van der Waals surface area (Å²) in [6, 6.07) is 2.12. The van der Waals surface area contributed by atoms with Gasteiger partial charge in [0.2, 0.25) is 0 Å². The minimum absolute atomic E-state index is 0.294. The first-order chi connectivity index (χ1) is 8.58. The van der Waals surface area contributed by atoms with Crippen LogP contribution in [-0.2, 0) is 17.9 Å².